The Kier molecular flexibility index (Phi) is 6.88. The maximum Gasteiger partial charge on any atom is 0.264 e. The maximum absolute atomic E-state index is 13.6. The molecule has 0 aliphatic rings. The van der Waals surface area contributed by atoms with Crippen LogP contribution < -0.4 is 9.62 Å². The van der Waals surface area contributed by atoms with Gasteiger partial charge in [0.25, 0.3) is 10.0 Å². The number of sulfonamides is 1. The van der Waals surface area contributed by atoms with E-state index in [1.807, 2.05) is 0 Å². The summed E-state index contributed by atoms with van der Waals surface area (Å²) in [6.45, 7) is -0.594. The molecule has 0 radical (unpaired) electrons. The number of nitrogens with zero attached hydrogens (tertiary/aromatic N) is 1. The fourth-order valence-electron chi connectivity index (χ4n) is 2.63. The first-order chi connectivity index (χ1) is 14.2. The highest BCUT2D eigenvalue weighted by atomic mass is 35.5. The molecular formula is C20H14Cl3FN2O3S. The van der Waals surface area contributed by atoms with Crippen molar-refractivity contribution in [1.29, 1.82) is 0 Å². The van der Waals surface area contributed by atoms with Crippen molar-refractivity contribution in [1.82, 2.24) is 0 Å². The molecule has 0 saturated carbocycles. The molecule has 3 aromatic carbocycles. The molecule has 1 amide bonds. The Morgan fingerprint density at radius 1 is 0.933 bits per heavy atom. The van der Waals surface area contributed by atoms with E-state index in [1.165, 1.54) is 36.4 Å². The molecular weight excluding hydrogens is 474 g/mol. The van der Waals surface area contributed by atoms with Crippen molar-refractivity contribution in [2.75, 3.05) is 16.2 Å². The lowest BCUT2D eigenvalue weighted by Gasteiger charge is -2.24. The average Bonchev–Trinajstić information content (AvgIpc) is 2.68. The lowest BCUT2D eigenvalue weighted by molar-refractivity contribution is -0.114. The third-order valence-electron chi connectivity index (χ3n) is 3.96. The Morgan fingerprint density at radius 2 is 1.57 bits per heavy atom. The predicted molar refractivity (Wildman–Crippen MR) is 117 cm³/mol. The molecule has 0 bridgehead atoms. The number of carbonyl (C=O) groups is 1. The summed E-state index contributed by atoms with van der Waals surface area (Å²) in [7, 11) is -4.15. The number of anilines is 2. The number of halogens is 4. The van der Waals surface area contributed by atoms with Gasteiger partial charge in [-0.05, 0) is 48.5 Å². The van der Waals surface area contributed by atoms with Gasteiger partial charge in [0.1, 0.15) is 12.4 Å². The number of carbonyl (C=O) groups excluding carboxylic acids is 1. The van der Waals surface area contributed by atoms with E-state index in [0.717, 1.165) is 16.4 Å². The van der Waals surface area contributed by atoms with E-state index in [2.05, 4.69) is 5.32 Å². The van der Waals surface area contributed by atoms with Crippen LogP contribution in [0.4, 0.5) is 15.8 Å². The normalized spacial score (nSPS) is 11.2. The van der Waals surface area contributed by atoms with Crippen LogP contribution in [0.2, 0.25) is 15.1 Å². The summed E-state index contributed by atoms with van der Waals surface area (Å²) in [6, 6.07) is 15.4. The van der Waals surface area contributed by atoms with Crippen LogP contribution in [0.5, 0.6) is 0 Å². The number of hydrogen-bond acceptors (Lipinski definition) is 3. The highest BCUT2D eigenvalue weighted by Gasteiger charge is 2.27. The van der Waals surface area contributed by atoms with E-state index < -0.39 is 28.3 Å². The van der Waals surface area contributed by atoms with Crippen molar-refractivity contribution in [3.8, 4) is 0 Å². The fourth-order valence-corrected chi connectivity index (χ4v) is 4.77. The summed E-state index contributed by atoms with van der Waals surface area (Å²) in [5, 5.41) is 2.88. The largest absolute Gasteiger partial charge is 0.324 e. The van der Waals surface area contributed by atoms with Gasteiger partial charge in [0, 0.05) is 15.7 Å². The molecule has 0 heterocycles. The first-order valence-corrected chi connectivity index (χ1v) is 11.0. The number of rotatable bonds is 6. The van der Waals surface area contributed by atoms with Crippen LogP contribution in [0.1, 0.15) is 0 Å². The Labute approximate surface area is 188 Å². The van der Waals surface area contributed by atoms with Crippen LogP contribution in [-0.2, 0) is 14.8 Å². The van der Waals surface area contributed by atoms with Gasteiger partial charge in [0.15, 0.2) is 0 Å². The molecule has 30 heavy (non-hydrogen) atoms. The summed E-state index contributed by atoms with van der Waals surface area (Å²) < 4.78 is 40.8. The average molecular weight is 488 g/mol. The van der Waals surface area contributed by atoms with Crippen molar-refractivity contribution in [3.05, 3.63) is 87.6 Å². The fraction of sp³-hybridized carbons (Fsp3) is 0.0500. The van der Waals surface area contributed by atoms with E-state index in [4.69, 9.17) is 34.8 Å². The van der Waals surface area contributed by atoms with Crippen molar-refractivity contribution in [3.63, 3.8) is 0 Å². The van der Waals surface area contributed by atoms with Gasteiger partial charge in [-0.15, -0.1) is 0 Å². The molecule has 0 aliphatic carbocycles. The second-order valence-electron chi connectivity index (χ2n) is 6.13. The minimum Gasteiger partial charge on any atom is -0.324 e. The third-order valence-corrected chi connectivity index (χ3v) is 6.47. The zero-order chi connectivity index (χ0) is 21.9. The minimum atomic E-state index is -4.15. The molecule has 3 aromatic rings. The van der Waals surface area contributed by atoms with Crippen molar-refractivity contribution in [2.45, 2.75) is 4.90 Å². The molecule has 0 fully saturated rings. The van der Waals surface area contributed by atoms with Crippen LogP contribution in [-0.4, -0.2) is 20.9 Å². The Morgan fingerprint density at radius 3 is 2.17 bits per heavy atom. The number of nitrogens with one attached hydrogen (secondary N) is 1. The van der Waals surface area contributed by atoms with Crippen LogP contribution >= 0.6 is 34.8 Å². The molecule has 0 aliphatic heterocycles. The monoisotopic (exact) mass is 486 g/mol. The standard InChI is InChI=1S/C20H14Cl3FN2O3S/c21-13-8-14(22)10-15(9-13)25-20(27)12-26(16-6-7-19(24)18(23)11-16)30(28,29)17-4-2-1-3-5-17/h1-11H,12H2,(H,25,27). The van der Waals surface area contributed by atoms with Gasteiger partial charge in [0.05, 0.1) is 15.6 Å². The van der Waals surface area contributed by atoms with Crippen LogP contribution in [0.3, 0.4) is 0 Å². The summed E-state index contributed by atoms with van der Waals surface area (Å²) in [5.74, 6) is -1.37. The summed E-state index contributed by atoms with van der Waals surface area (Å²) in [4.78, 5) is 12.6. The molecule has 5 nitrogen and oxygen atoms in total. The molecule has 3 rings (SSSR count). The molecule has 0 atom stereocenters. The van der Waals surface area contributed by atoms with Gasteiger partial charge >= 0.3 is 0 Å². The number of amides is 1. The van der Waals surface area contributed by atoms with Gasteiger partial charge in [0.2, 0.25) is 5.91 Å². The summed E-state index contributed by atoms with van der Waals surface area (Å²) in [5.41, 5.74) is 0.330. The van der Waals surface area contributed by atoms with Crippen molar-refractivity contribution in [2.24, 2.45) is 0 Å². The van der Waals surface area contributed by atoms with Gasteiger partial charge < -0.3 is 5.32 Å². The lowest BCUT2D eigenvalue weighted by Crippen LogP contribution is -2.38. The molecule has 156 valence electrons. The lowest BCUT2D eigenvalue weighted by atomic mass is 10.3. The molecule has 1 N–H and O–H groups in total. The van der Waals surface area contributed by atoms with Gasteiger partial charge in [-0.1, -0.05) is 53.0 Å². The first-order valence-electron chi connectivity index (χ1n) is 8.45. The molecule has 0 spiro atoms. The minimum absolute atomic E-state index is 0.0320. The van der Waals surface area contributed by atoms with Crippen LogP contribution in [0.25, 0.3) is 0 Å². The summed E-state index contributed by atoms with van der Waals surface area (Å²) in [6.07, 6.45) is 0. The van der Waals surface area contributed by atoms with E-state index in [0.29, 0.717) is 15.7 Å². The smallest absolute Gasteiger partial charge is 0.264 e. The van der Waals surface area contributed by atoms with E-state index in [-0.39, 0.29) is 15.6 Å². The zero-order valence-electron chi connectivity index (χ0n) is 15.2. The number of benzene rings is 3. The van der Waals surface area contributed by atoms with Gasteiger partial charge in [-0.2, -0.15) is 0 Å². The summed E-state index contributed by atoms with van der Waals surface area (Å²) >= 11 is 17.7. The van der Waals surface area contributed by atoms with Crippen molar-refractivity contribution < 1.29 is 17.6 Å². The first kappa shape index (κ1) is 22.4. The SMILES string of the molecule is O=C(CN(c1ccc(F)c(Cl)c1)S(=O)(=O)c1ccccc1)Nc1cc(Cl)cc(Cl)c1. The topological polar surface area (TPSA) is 66.5 Å². The molecule has 0 aromatic heterocycles. The molecule has 0 saturated heterocycles. The third kappa shape index (κ3) is 5.23. The van der Waals surface area contributed by atoms with E-state index in [9.17, 15) is 17.6 Å². The van der Waals surface area contributed by atoms with Crippen LogP contribution in [0, 0.1) is 5.82 Å². The van der Waals surface area contributed by atoms with Gasteiger partial charge in [-0.3, -0.25) is 9.10 Å². The quantitative estimate of drug-likeness (QED) is 0.491. The zero-order valence-corrected chi connectivity index (χ0v) is 18.2. The Balaban J connectivity index is 1.97. The van der Waals surface area contributed by atoms with E-state index >= 15 is 0 Å². The van der Waals surface area contributed by atoms with E-state index in [1.54, 1.807) is 18.2 Å². The highest BCUT2D eigenvalue weighted by Crippen LogP contribution is 2.28. The maximum atomic E-state index is 13.6. The highest BCUT2D eigenvalue weighted by molar-refractivity contribution is 7.92. The Hall–Kier alpha value is -2.32. The number of hydrogen-bond donors (Lipinski definition) is 1. The molecule has 10 heteroatoms. The second kappa shape index (κ2) is 9.22. The van der Waals surface area contributed by atoms with Crippen LogP contribution in [0.15, 0.2) is 71.6 Å². The molecule has 0 unspecified atom stereocenters. The second-order valence-corrected chi connectivity index (χ2v) is 9.27. The Bertz CT molecular complexity index is 1170. The predicted octanol–water partition coefficient (Wildman–Crippen LogP) is 5.62. The van der Waals surface area contributed by atoms with Crippen molar-refractivity contribution >= 4 is 62.1 Å². The van der Waals surface area contributed by atoms with Gasteiger partial charge in [-0.25, -0.2) is 12.8 Å².